The summed E-state index contributed by atoms with van der Waals surface area (Å²) in [7, 11) is 0. The van der Waals surface area contributed by atoms with E-state index in [2.05, 4.69) is 43.5 Å². The van der Waals surface area contributed by atoms with Crippen molar-refractivity contribution in [1.82, 2.24) is 5.32 Å². The molecular weight excluding hydrogens is 875 g/mol. The van der Waals surface area contributed by atoms with E-state index in [1.54, 1.807) is 0 Å². The number of ether oxygens (including phenoxy) is 1. The number of carbonyl (C=O) groups is 2. The second-order valence-electron chi connectivity index (χ2n) is 22.1. The predicted octanol–water partition coefficient (Wildman–Crippen LogP) is 20.2. The van der Waals surface area contributed by atoms with Crippen molar-refractivity contribution in [2.45, 2.75) is 366 Å². The molecule has 0 bridgehead atoms. The number of carbonyl (C=O) groups excluding carboxylic acids is 2. The summed E-state index contributed by atoms with van der Waals surface area (Å²) in [6, 6.07) is -0.542. The molecule has 0 rings (SSSR count). The van der Waals surface area contributed by atoms with Crippen molar-refractivity contribution in [2.75, 3.05) is 13.2 Å². The van der Waals surface area contributed by atoms with Crippen LogP contribution in [0.4, 0.5) is 0 Å². The third-order valence-electron chi connectivity index (χ3n) is 15.0. The first kappa shape index (κ1) is 69.3. The molecule has 2 atom stereocenters. The molecule has 0 heterocycles. The number of hydrogen-bond donors (Lipinski definition) is 3. The molecule has 0 fully saturated rings. The Hall–Kier alpha value is -1.66. The number of allylic oxidation sites excluding steroid dienone is 4. The molecule has 3 N–H and O–H groups in total. The molecule has 6 nitrogen and oxygen atoms in total. The molecule has 0 aromatic carbocycles. The molecule has 0 radical (unpaired) electrons. The molecule has 420 valence electrons. The number of unbranched alkanes of at least 4 members (excludes halogenated alkanes) is 45. The van der Waals surface area contributed by atoms with Crippen molar-refractivity contribution in [3.05, 3.63) is 24.3 Å². The minimum Gasteiger partial charge on any atom is -0.466 e. The molecule has 0 saturated heterocycles. The topological polar surface area (TPSA) is 95.9 Å². The lowest BCUT2D eigenvalue weighted by molar-refractivity contribution is -0.143. The smallest absolute Gasteiger partial charge is 0.305 e. The number of amides is 1. The summed E-state index contributed by atoms with van der Waals surface area (Å²) in [5.41, 5.74) is 0. The van der Waals surface area contributed by atoms with Crippen molar-refractivity contribution >= 4 is 11.9 Å². The van der Waals surface area contributed by atoms with Gasteiger partial charge in [0.25, 0.3) is 0 Å². The maximum Gasteiger partial charge on any atom is 0.305 e. The van der Waals surface area contributed by atoms with E-state index in [0.29, 0.717) is 25.9 Å². The zero-order valence-corrected chi connectivity index (χ0v) is 48.0. The standard InChI is InChI=1S/C65H125NO5/c1-3-5-7-9-11-13-15-17-19-20-27-31-35-39-43-47-51-55-59-65(70)71-60-56-52-48-44-40-36-32-28-25-23-21-22-24-26-30-34-38-42-46-50-54-58-64(69)66-62(61-67)63(68)57-53-49-45-41-37-33-29-18-16-14-12-10-8-6-4-2/h13,15,19-20,62-63,67-68H,3-12,14,16-18,21-61H2,1-2H3,(H,66,69)/b15-13-,20-19-. The van der Waals surface area contributed by atoms with E-state index < -0.39 is 12.1 Å². The molecule has 0 aliphatic carbocycles. The molecule has 0 aromatic heterocycles. The number of aliphatic hydroxyl groups is 2. The number of esters is 1. The first-order chi connectivity index (χ1) is 35.0. The maximum atomic E-state index is 12.5. The average Bonchev–Trinajstić information content (AvgIpc) is 3.37. The van der Waals surface area contributed by atoms with Crippen molar-refractivity contribution in [1.29, 1.82) is 0 Å². The first-order valence-corrected chi connectivity index (χ1v) is 32.1. The van der Waals surface area contributed by atoms with Gasteiger partial charge in [0.15, 0.2) is 0 Å². The van der Waals surface area contributed by atoms with E-state index in [1.807, 2.05) is 0 Å². The quantitative estimate of drug-likeness (QED) is 0.0320. The van der Waals surface area contributed by atoms with Crippen LogP contribution in [0.25, 0.3) is 0 Å². The van der Waals surface area contributed by atoms with Crippen molar-refractivity contribution in [3.63, 3.8) is 0 Å². The van der Waals surface area contributed by atoms with Gasteiger partial charge in [-0.3, -0.25) is 9.59 Å². The third-order valence-corrected chi connectivity index (χ3v) is 15.0. The van der Waals surface area contributed by atoms with Crippen LogP contribution in [0.5, 0.6) is 0 Å². The molecule has 0 saturated carbocycles. The summed E-state index contributed by atoms with van der Waals surface area (Å²) in [6.07, 6.45) is 74.7. The Morgan fingerprint density at radius 1 is 0.394 bits per heavy atom. The highest BCUT2D eigenvalue weighted by Crippen LogP contribution is 2.18. The average molecular weight is 1000 g/mol. The zero-order chi connectivity index (χ0) is 51.4. The lowest BCUT2D eigenvalue weighted by atomic mass is 10.0. The van der Waals surface area contributed by atoms with Gasteiger partial charge < -0.3 is 20.3 Å². The molecular formula is C65H125NO5. The summed E-state index contributed by atoms with van der Waals surface area (Å²) in [6.45, 7) is 4.95. The van der Waals surface area contributed by atoms with Crippen LogP contribution in [-0.4, -0.2) is 47.4 Å². The fourth-order valence-corrected chi connectivity index (χ4v) is 10.1. The Balaban J connectivity index is 3.37. The van der Waals surface area contributed by atoms with Crippen LogP contribution in [0.2, 0.25) is 0 Å². The van der Waals surface area contributed by atoms with Gasteiger partial charge in [0.2, 0.25) is 5.91 Å². The van der Waals surface area contributed by atoms with E-state index in [1.165, 1.54) is 270 Å². The lowest BCUT2D eigenvalue weighted by Gasteiger charge is -2.22. The second-order valence-corrected chi connectivity index (χ2v) is 22.1. The van der Waals surface area contributed by atoms with Gasteiger partial charge in [-0.25, -0.2) is 0 Å². The lowest BCUT2D eigenvalue weighted by Crippen LogP contribution is -2.45. The van der Waals surface area contributed by atoms with Gasteiger partial charge in [0, 0.05) is 12.8 Å². The van der Waals surface area contributed by atoms with Crippen LogP contribution in [0, 0.1) is 0 Å². The van der Waals surface area contributed by atoms with Gasteiger partial charge >= 0.3 is 5.97 Å². The number of hydrogen-bond acceptors (Lipinski definition) is 5. The number of aliphatic hydroxyl groups excluding tert-OH is 2. The van der Waals surface area contributed by atoms with E-state index in [0.717, 1.165) is 51.4 Å². The van der Waals surface area contributed by atoms with Gasteiger partial charge in [0.05, 0.1) is 25.4 Å². The fraction of sp³-hybridized carbons (Fsp3) is 0.908. The van der Waals surface area contributed by atoms with E-state index >= 15 is 0 Å². The summed E-state index contributed by atoms with van der Waals surface area (Å²) in [5.74, 6) is -0.0286. The number of rotatable bonds is 60. The van der Waals surface area contributed by atoms with Crippen molar-refractivity contribution < 1.29 is 24.5 Å². The van der Waals surface area contributed by atoms with E-state index in [4.69, 9.17) is 4.74 Å². The maximum absolute atomic E-state index is 12.5. The fourth-order valence-electron chi connectivity index (χ4n) is 10.1. The summed E-state index contributed by atoms with van der Waals surface area (Å²) < 4.78 is 5.49. The minimum absolute atomic E-state index is 0.00527. The summed E-state index contributed by atoms with van der Waals surface area (Å²) >= 11 is 0. The highest BCUT2D eigenvalue weighted by molar-refractivity contribution is 5.76. The molecule has 6 heteroatoms. The van der Waals surface area contributed by atoms with Crippen LogP contribution in [0.1, 0.15) is 354 Å². The Morgan fingerprint density at radius 2 is 0.704 bits per heavy atom. The highest BCUT2D eigenvalue weighted by atomic mass is 16.5. The van der Waals surface area contributed by atoms with Crippen LogP contribution < -0.4 is 5.32 Å². The van der Waals surface area contributed by atoms with E-state index in [9.17, 15) is 19.8 Å². The van der Waals surface area contributed by atoms with Crippen molar-refractivity contribution in [2.24, 2.45) is 0 Å². The SMILES string of the molecule is CCCCCC/C=C\C/C=C\CCCCCCCCCC(=O)OCCCCCCCCCCCCCCCCCCCCCCCC(=O)NC(CO)C(O)CCCCCCCCCCCCCCCCC. The molecule has 0 spiro atoms. The molecule has 71 heavy (non-hydrogen) atoms. The Kier molecular flexibility index (Phi) is 59.5. The van der Waals surface area contributed by atoms with Gasteiger partial charge in [-0.2, -0.15) is 0 Å². The Labute approximate surface area is 443 Å². The highest BCUT2D eigenvalue weighted by Gasteiger charge is 2.20. The molecule has 0 aliphatic heterocycles. The predicted molar refractivity (Wildman–Crippen MR) is 310 cm³/mol. The van der Waals surface area contributed by atoms with Gasteiger partial charge in [-0.05, 0) is 57.8 Å². The van der Waals surface area contributed by atoms with Crippen molar-refractivity contribution in [3.8, 4) is 0 Å². The summed E-state index contributed by atoms with van der Waals surface area (Å²) in [4.78, 5) is 24.6. The third kappa shape index (κ3) is 57.5. The van der Waals surface area contributed by atoms with Gasteiger partial charge in [0.1, 0.15) is 0 Å². The molecule has 0 aliphatic rings. The van der Waals surface area contributed by atoms with Crippen LogP contribution >= 0.6 is 0 Å². The number of nitrogens with one attached hydrogen (secondary N) is 1. The molecule has 1 amide bonds. The molecule has 0 aromatic rings. The minimum atomic E-state index is -0.665. The Morgan fingerprint density at radius 3 is 1.08 bits per heavy atom. The first-order valence-electron chi connectivity index (χ1n) is 32.1. The van der Waals surface area contributed by atoms with Gasteiger partial charge in [-0.1, -0.05) is 308 Å². The monoisotopic (exact) mass is 1000 g/mol. The normalized spacial score (nSPS) is 12.7. The van der Waals surface area contributed by atoms with Gasteiger partial charge in [-0.15, -0.1) is 0 Å². The zero-order valence-electron chi connectivity index (χ0n) is 48.0. The second kappa shape index (κ2) is 60.9. The largest absolute Gasteiger partial charge is 0.466 e. The van der Waals surface area contributed by atoms with Crippen LogP contribution in [0.15, 0.2) is 24.3 Å². The Bertz CT molecular complexity index is 1110. The van der Waals surface area contributed by atoms with Crippen LogP contribution in [0.3, 0.4) is 0 Å². The van der Waals surface area contributed by atoms with Crippen LogP contribution in [-0.2, 0) is 14.3 Å². The summed E-state index contributed by atoms with van der Waals surface area (Å²) in [5, 5.41) is 23.3. The molecule has 2 unspecified atom stereocenters. The van der Waals surface area contributed by atoms with E-state index in [-0.39, 0.29) is 18.5 Å².